The van der Waals surface area contributed by atoms with Crippen molar-refractivity contribution in [1.29, 1.82) is 0 Å². The van der Waals surface area contributed by atoms with Crippen molar-refractivity contribution in [3.63, 3.8) is 0 Å². The van der Waals surface area contributed by atoms with E-state index in [0.29, 0.717) is 16.7 Å². The highest BCUT2D eigenvalue weighted by Gasteiger charge is 2.25. The Morgan fingerprint density at radius 1 is 1.13 bits per heavy atom. The van der Waals surface area contributed by atoms with Crippen LogP contribution < -0.4 is 5.73 Å². The Balaban J connectivity index is 1.91. The van der Waals surface area contributed by atoms with Crippen LogP contribution >= 0.6 is 0 Å². The van der Waals surface area contributed by atoms with E-state index >= 15 is 0 Å². The van der Waals surface area contributed by atoms with E-state index < -0.39 is 5.97 Å². The summed E-state index contributed by atoms with van der Waals surface area (Å²) >= 11 is 0. The van der Waals surface area contributed by atoms with Gasteiger partial charge in [0.1, 0.15) is 23.5 Å². The monoisotopic (exact) mass is 400 g/mol. The van der Waals surface area contributed by atoms with E-state index in [4.69, 9.17) is 15.5 Å². The van der Waals surface area contributed by atoms with Crippen LogP contribution in [0.4, 0.5) is 5.82 Å². The largest absolute Gasteiger partial charge is 0.458 e. The first kappa shape index (κ1) is 19.6. The molecule has 152 valence electrons. The number of aromatic nitrogens is 3. The molecule has 4 rings (SSSR count). The van der Waals surface area contributed by atoms with Gasteiger partial charge in [-0.2, -0.15) is 0 Å². The summed E-state index contributed by atoms with van der Waals surface area (Å²) in [5.74, 6) is -0.282. The second-order valence-corrected chi connectivity index (χ2v) is 7.14. The highest BCUT2D eigenvalue weighted by Crippen LogP contribution is 2.31. The van der Waals surface area contributed by atoms with Crippen LogP contribution in [0.25, 0.3) is 27.9 Å². The normalized spacial score (nSPS) is 11.1. The average Bonchev–Trinajstić information content (AvgIpc) is 3.05. The van der Waals surface area contributed by atoms with E-state index in [1.807, 2.05) is 36.4 Å². The minimum atomic E-state index is -0.541. The maximum atomic E-state index is 12.8. The van der Waals surface area contributed by atoms with Gasteiger partial charge < -0.3 is 10.5 Å². The fourth-order valence-electron chi connectivity index (χ4n) is 3.52. The molecule has 30 heavy (non-hydrogen) atoms. The maximum Gasteiger partial charge on any atom is 0.344 e. The van der Waals surface area contributed by atoms with Crippen molar-refractivity contribution in [2.24, 2.45) is 0 Å². The number of hydrogen-bond acceptors (Lipinski definition) is 5. The molecule has 2 N–H and O–H groups in total. The lowest BCUT2D eigenvalue weighted by Crippen LogP contribution is -2.09. The Morgan fingerprint density at radius 2 is 1.83 bits per heavy atom. The molecule has 2 aromatic heterocycles. The van der Waals surface area contributed by atoms with Gasteiger partial charge in [0.2, 0.25) is 0 Å². The number of hydrogen-bond donors (Lipinski definition) is 1. The summed E-state index contributed by atoms with van der Waals surface area (Å²) in [6.45, 7) is 5.87. The number of carbonyl (C=O) groups is 1. The van der Waals surface area contributed by atoms with Crippen LogP contribution in [-0.4, -0.2) is 27.1 Å². The molecule has 0 atom stereocenters. The van der Waals surface area contributed by atoms with Gasteiger partial charge in [0.25, 0.3) is 0 Å². The third kappa shape index (κ3) is 3.52. The average molecular weight is 400 g/mol. The number of carbonyl (C=O) groups excluding carboxylic acids is 1. The van der Waals surface area contributed by atoms with Gasteiger partial charge in [-0.05, 0) is 42.7 Å². The quantitative estimate of drug-likeness (QED) is 0.354. The standard InChI is InChI=1S/C24H24N4O2/c1-3-5-8-16-11-13-17(14-12-16)28-22(25)20(24(29)30-15-4-2)21-23(28)27-19-10-7-6-9-18(19)26-21/h4,6-7,9-14H,2-3,5,8,15,25H2,1H3. The molecule has 0 unspecified atom stereocenters. The Hall–Kier alpha value is -3.67. The van der Waals surface area contributed by atoms with Crippen molar-refractivity contribution in [2.75, 3.05) is 12.3 Å². The van der Waals surface area contributed by atoms with Crippen molar-refractivity contribution >= 4 is 34.0 Å². The summed E-state index contributed by atoms with van der Waals surface area (Å²) in [6, 6.07) is 15.7. The predicted molar refractivity (Wildman–Crippen MR) is 120 cm³/mol. The highest BCUT2D eigenvalue weighted by atomic mass is 16.5. The lowest BCUT2D eigenvalue weighted by molar-refractivity contribution is 0.0553. The number of aryl methyl sites for hydroxylation is 1. The molecule has 0 amide bonds. The van der Waals surface area contributed by atoms with Crippen LogP contribution in [0.5, 0.6) is 0 Å². The van der Waals surface area contributed by atoms with E-state index in [-0.39, 0.29) is 18.0 Å². The first-order chi connectivity index (χ1) is 14.6. The van der Waals surface area contributed by atoms with Gasteiger partial charge in [-0.25, -0.2) is 14.8 Å². The zero-order chi connectivity index (χ0) is 21.1. The number of fused-ring (bicyclic) bond motifs is 2. The minimum Gasteiger partial charge on any atom is -0.458 e. The number of nitrogens with zero attached hydrogens (tertiary/aromatic N) is 3. The third-order valence-electron chi connectivity index (χ3n) is 5.05. The second kappa shape index (κ2) is 8.37. The first-order valence-corrected chi connectivity index (χ1v) is 10.1. The molecule has 0 saturated carbocycles. The van der Waals surface area contributed by atoms with Crippen LogP contribution in [0.3, 0.4) is 0 Å². The zero-order valence-corrected chi connectivity index (χ0v) is 17.0. The number of esters is 1. The van der Waals surface area contributed by atoms with Crippen molar-refractivity contribution < 1.29 is 9.53 Å². The molecule has 6 heteroatoms. The van der Waals surface area contributed by atoms with Crippen LogP contribution in [0.2, 0.25) is 0 Å². The van der Waals surface area contributed by atoms with E-state index in [1.54, 1.807) is 4.57 Å². The van der Waals surface area contributed by atoms with Crippen molar-refractivity contribution in [3.8, 4) is 5.69 Å². The number of para-hydroxylation sites is 2. The van der Waals surface area contributed by atoms with E-state index in [0.717, 1.165) is 30.5 Å². The molecule has 0 spiro atoms. The van der Waals surface area contributed by atoms with E-state index in [2.05, 4.69) is 30.6 Å². The van der Waals surface area contributed by atoms with Crippen LogP contribution in [0.1, 0.15) is 35.7 Å². The molecule has 2 heterocycles. The van der Waals surface area contributed by atoms with Gasteiger partial charge in [-0.3, -0.25) is 4.57 Å². The maximum absolute atomic E-state index is 12.8. The Bertz CT molecular complexity index is 1230. The van der Waals surface area contributed by atoms with Crippen LogP contribution in [0.15, 0.2) is 61.2 Å². The molecular formula is C24H24N4O2. The van der Waals surface area contributed by atoms with Gasteiger partial charge in [-0.1, -0.05) is 50.3 Å². The number of benzene rings is 2. The molecule has 0 fully saturated rings. The number of anilines is 1. The van der Waals surface area contributed by atoms with Gasteiger partial charge in [-0.15, -0.1) is 0 Å². The minimum absolute atomic E-state index is 0.0953. The Kier molecular flexibility index (Phi) is 5.48. The predicted octanol–water partition coefficient (Wildman–Crippen LogP) is 4.84. The summed E-state index contributed by atoms with van der Waals surface area (Å²) in [5, 5.41) is 0. The molecule has 2 aromatic carbocycles. The van der Waals surface area contributed by atoms with Crippen molar-refractivity contribution in [1.82, 2.24) is 14.5 Å². The van der Waals surface area contributed by atoms with Gasteiger partial charge >= 0.3 is 5.97 Å². The fourth-order valence-corrected chi connectivity index (χ4v) is 3.52. The molecule has 6 nitrogen and oxygen atoms in total. The number of ether oxygens (including phenoxy) is 1. The summed E-state index contributed by atoms with van der Waals surface area (Å²) in [6.07, 6.45) is 4.84. The summed E-state index contributed by atoms with van der Waals surface area (Å²) in [7, 11) is 0. The molecule has 0 bridgehead atoms. The lowest BCUT2D eigenvalue weighted by atomic mass is 10.1. The van der Waals surface area contributed by atoms with Gasteiger partial charge in [0, 0.05) is 5.69 Å². The second-order valence-electron chi connectivity index (χ2n) is 7.14. The van der Waals surface area contributed by atoms with Crippen molar-refractivity contribution in [2.45, 2.75) is 26.2 Å². The molecule has 0 saturated heterocycles. The zero-order valence-electron chi connectivity index (χ0n) is 17.0. The number of unbranched alkanes of at least 4 members (excludes halogenated alkanes) is 1. The summed E-state index contributed by atoms with van der Waals surface area (Å²) in [5.41, 5.74) is 11.1. The fraction of sp³-hybridized carbons (Fsp3) is 0.208. The van der Waals surface area contributed by atoms with Crippen LogP contribution in [-0.2, 0) is 11.2 Å². The highest BCUT2D eigenvalue weighted by molar-refractivity contribution is 6.09. The molecule has 0 aliphatic rings. The Labute approximate surface area is 175 Å². The first-order valence-electron chi connectivity index (χ1n) is 10.1. The van der Waals surface area contributed by atoms with Crippen molar-refractivity contribution in [3.05, 3.63) is 72.3 Å². The summed E-state index contributed by atoms with van der Waals surface area (Å²) in [4.78, 5) is 22.2. The third-order valence-corrected chi connectivity index (χ3v) is 5.05. The van der Waals surface area contributed by atoms with Crippen LogP contribution in [0, 0.1) is 0 Å². The van der Waals surface area contributed by atoms with Gasteiger partial charge in [0.15, 0.2) is 5.65 Å². The van der Waals surface area contributed by atoms with E-state index in [1.165, 1.54) is 11.6 Å². The molecular weight excluding hydrogens is 376 g/mol. The lowest BCUT2D eigenvalue weighted by Gasteiger charge is -2.09. The Morgan fingerprint density at radius 3 is 2.50 bits per heavy atom. The number of rotatable bonds is 7. The molecule has 0 radical (unpaired) electrons. The number of nitrogens with two attached hydrogens (primary N) is 1. The summed E-state index contributed by atoms with van der Waals surface area (Å²) < 4.78 is 7.04. The molecule has 0 aliphatic carbocycles. The molecule has 0 aliphatic heterocycles. The smallest absolute Gasteiger partial charge is 0.344 e. The van der Waals surface area contributed by atoms with E-state index in [9.17, 15) is 4.79 Å². The van der Waals surface area contributed by atoms with Gasteiger partial charge in [0.05, 0.1) is 11.0 Å². The topological polar surface area (TPSA) is 83.0 Å². The molecule has 4 aromatic rings. The SMILES string of the molecule is C=CCOC(=O)c1c(N)n(-c2ccc(CCCC)cc2)c2nc3ccccc3nc12. The number of nitrogen functional groups attached to an aromatic ring is 1.